The van der Waals surface area contributed by atoms with Gasteiger partial charge < -0.3 is 10.8 Å². The Morgan fingerprint density at radius 3 is 2.81 bits per heavy atom. The average molecular weight is 261 g/mol. The summed E-state index contributed by atoms with van der Waals surface area (Å²) < 4.78 is 0.792. The van der Waals surface area contributed by atoms with Crippen molar-refractivity contribution < 1.29 is 5.11 Å². The Labute approximate surface area is 105 Å². The second-order valence-electron chi connectivity index (χ2n) is 4.38. The van der Waals surface area contributed by atoms with Gasteiger partial charge in [0, 0.05) is 24.0 Å². The number of nitrogens with two attached hydrogens (primary N) is 1. The first-order valence-corrected chi connectivity index (χ1v) is 6.70. The van der Waals surface area contributed by atoms with Crippen LogP contribution in [0, 0.1) is 0 Å². The molecule has 1 aliphatic rings. The number of hydrogen-bond acceptors (Lipinski definition) is 4. The number of nitrogens with zero attached hydrogens (tertiary/aromatic N) is 1. The number of β-amino-alcohol motifs (C(OH)–C–C–N with tert-alkyl or cyclic N) is 1. The van der Waals surface area contributed by atoms with Gasteiger partial charge in [0.2, 0.25) is 0 Å². The maximum absolute atomic E-state index is 9.58. The minimum absolute atomic E-state index is 0.0417. The van der Waals surface area contributed by atoms with E-state index in [4.69, 9.17) is 17.3 Å². The van der Waals surface area contributed by atoms with E-state index in [0.29, 0.717) is 6.54 Å². The molecule has 0 aromatic carbocycles. The van der Waals surface area contributed by atoms with Gasteiger partial charge in [-0.05, 0) is 25.5 Å². The van der Waals surface area contributed by atoms with Gasteiger partial charge in [-0.2, -0.15) is 0 Å². The van der Waals surface area contributed by atoms with E-state index in [0.717, 1.165) is 17.3 Å². The number of halogens is 1. The van der Waals surface area contributed by atoms with Gasteiger partial charge in [-0.25, -0.2) is 0 Å². The highest BCUT2D eigenvalue weighted by molar-refractivity contribution is 7.16. The monoisotopic (exact) mass is 260 g/mol. The highest BCUT2D eigenvalue weighted by Crippen LogP contribution is 2.33. The van der Waals surface area contributed by atoms with Crippen molar-refractivity contribution in [3.63, 3.8) is 0 Å². The highest BCUT2D eigenvalue weighted by Gasteiger charge is 2.31. The molecule has 1 fully saturated rings. The van der Waals surface area contributed by atoms with Crippen LogP contribution < -0.4 is 5.73 Å². The van der Waals surface area contributed by atoms with Gasteiger partial charge in [-0.3, -0.25) is 4.90 Å². The minimum Gasteiger partial charge on any atom is -0.392 e. The predicted octanol–water partition coefficient (Wildman–Crippen LogP) is 1.86. The molecule has 90 valence electrons. The summed E-state index contributed by atoms with van der Waals surface area (Å²) in [4.78, 5) is 3.44. The fraction of sp³-hybridized carbons (Fsp3) is 0.636. The van der Waals surface area contributed by atoms with Crippen LogP contribution in [-0.2, 0) is 0 Å². The Hall–Kier alpha value is -0.130. The summed E-state index contributed by atoms with van der Waals surface area (Å²) in [5, 5.41) is 9.58. The van der Waals surface area contributed by atoms with Crippen molar-refractivity contribution in [1.29, 1.82) is 0 Å². The van der Waals surface area contributed by atoms with Crippen molar-refractivity contribution in [2.45, 2.75) is 31.5 Å². The normalized spacial score (nSPS) is 25.9. The van der Waals surface area contributed by atoms with Gasteiger partial charge in [-0.15, -0.1) is 11.3 Å². The number of thiophene rings is 1. The third-order valence-corrected chi connectivity index (χ3v) is 4.27. The average Bonchev–Trinajstić information content (AvgIpc) is 2.76. The summed E-state index contributed by atoms with van der Waals surface area (Å²) in [7, 11) is 0. The largest absolute Gasteiger partial charge is 0.392 e. The van der Waals surface area contributed by atoms with Crippen molar-refractivity contribution in [2.24, 2.45) is 5.73 Å². The van der Waals surface area contributed by atoms with Crippen molar-refractivity contribution in [2.75, 3.05) is 13.1 Å². The highest BCUT2D eigenvalue weighted by atomic mass is 35.5. The van der Waals surface area contributed by atoms with Gasteiger partial charge in [0.15, 0.2) is 0 Å². The quantitative estimate of drug-likeness (QED) is 0.872. The molecular formula is C11H17ClN2OS. The second kappa shape index (κ2) is 5.02. The molecule has 2 rings (SSSR count). The van der Waals surface area contributed by atoms with Crippen LogP contribution in [0.25, 0.3) is 0 Å². The van der Waals surface area contributed by atoms with Crippen molar-refractivity contribution in [1.82, 2.24) is 4.90 Å². The Kier molecular flexibility index (Phi) is 3.87. The van der Waals surface area contributed by atoms with Crippen LogP contribution >= 0.6 is 22.9 Å². The maximum Gasteiger partial charge on any atom is 0.0931 e. The second-order valence-corrected chi connectivity index (χ2v) is 6.13. The molecule has 0 radical (unpaired) electrons. The number of hydrogen-bond donors (Lipinski definition) is 2. The lowest BCUT2D eigenvalue weighted by Gasteiger charge is -2.29. The lowest BCUT2D eigenvalue weighted by Crippen LogP contribution is -2.38. The van der Waals surface area contributed by atoms with Crippen LogP contribution in [0.1, 0.15) is 24.3 Å². The van der Waals surface area contributed by atoms with Crippen LogP contribution in [0.15, 0.2) is 12.1 Å². The third kappa shape index (κ3) is 2.57. The van der Waals surface area contributed by atoms with Gasteiger partial charge in [-0.1, -0.05) is 11.6 Å². The van der Waals surface area contributed by atoms with Crippen molar-refractivity contribution in [3.8, 4) is 0 Å². The molecule has 16 heavy (non-hydrogen) atoms. The van der Waals surface area contributed by atoms with Crippen LogP contribution in [0.4, 0.5) is 0 Å². The number of aliphatic hydroxyl groups is 1. The molecule has 0 saturated carbocycles. The summed E-state index contributed by atoms with van der Waals surface area (Å²) in [6.45, 7) is 3.62. The SMILES string of the molecule is CC(N)C(c1ccc(Cl)s1)N1CCC(O)C1. The first kappa shape index (κ1) is 12.3. The van der Waals surface area contributed by atoms with E-state index < -0.39 is 0 Å². The van der Waals surface area contributed by atoms with E-state index in [-0.39, 0.29) is 18.2 Å². The molecule has 0 aliphatic carbocycles. The molecular weight excluding hydrogens is 244 g/mol. The van der Waals surface area contributed by atoms with E-state index in [1.54, 1.807) is 11.3 Å². The summed E-state index contributed by atoms with van der Waals surface area (Å²) in [6.07, 6.45) is 0.624. The van der Waals surface area contributed by atoms with Gasteiger partial charge in [0.05, 0.1) is 16.5 Å². The summed E-state index contributed by atoms with van der Waals surface area (Å²) in [5.74, 6) is 0. The molecule has 0 amide bonds. The zero-order chi connectivity index (χ0) is 11.7. The molecule has 3 nitrogen and oxygen atoms in total. The van der Waals surface area contributed by atoms with Crippen LogP contribution in [-0.4, -0.2) is 35.2 Å². The molecule has 3 N–H and O–H groups in total. The molecule has 0 bridgehead atoms. The van der Waals surface area contributed by atoms with Crippen molar-refractivity contribution in [3.05, 3.63) is 21.3 Å². The maximum atomic E-state index is 9.58. The molecule has 2 heterocycles. The molecule has 3 atom stereocenters. The molecule has 5 heteroatoms. The smallest absolute Gasteiger partial charge is 0.0931 e. The van der Waals surface area contributed by atoms with Gasteiger partial charge >= 0.3 is 0 Å². The standard InChI is InChI=1S/C11H17ClN2OS/c1-7(13)11(9-2-3-10(12)16-9)14-5-4-8(15)6-14/h2-3,7-8,11,15H,4-6,13H2,1H3. The van der Waals surface area contributed by atoms with Gasteiger partial charge in [0.25, 0.3) is 0 Å². The number of likely N-dealkylation sites (tertiary alicyclic amines) is 1. The fourth-order valence-corrected chi connectivity index (χ4v) is 3.59. The Balaban J connectivity index is 2.17. The predicted molar refractivity (Wildman–Crippen MR) is 67.9 cm³/mol. The Bertz CT molecular complexity index is 356. The number of aliphatic hydroxyl groups excluding tert-OH is 1. The van der Waals surface area contributed by atoms with E-state index >= 15 is 0 Å². The summed E-state index contributed by atoms with van der Waals surface area (Å²) in [6, 6.07) is 4.16. The van der Waals surface area contributed by atoms with Crippen LogP contribution in [0.2, 0.25) is 4.34 Å². The summed E-state index contributed by atoms with van der Waals surface area (Å²) in [5.41, 5.74) is 6.04. The topological polar surface area (TPSA) is 49.5 Å². The first-order valence-electron chi connectivity index (χ1n) is 5.51. The molecule has 1 aromatic rings. The lowest BCUT2D eigenvalue weighted by atomic mass is 10.1. The lowest BCUT2D eigenvalue weighted by molar-refractivity contribution is 0.153. The van der Waals surface area contributed by atoms with Gasteiger partial charge in [0.1, 0.15) is 0 Å². The van der Waals surface area contributed by atoms with Crippen molar-refractivity contribution >= 4 is 22.9 Å². The summed E-state index contributed by atoms with van der Waals surface area (Å²) >= 11 is 7.53. The van der Waals surface area contributed by atoms with E-state index in [1.807, 2.05) is 19.1 Å². The fourth-order valence-electron chi connectivity index (χ4n) is 2.28. The Morgan fingerprint density at radius 2 is 2.38 bits per heavy atom. The van der Waals surface area contributed by atoms with E-state index in [1.165, 1.54) is 4.88 Å². The minimum atomic E-state index is -0.211. The van der Waals surface area contributed by atoms with E-state index in [9.17, 15) is 5.11 Å². The molecule has 1 saturated heterocycles. The third-order valence-electron chi connectivity index (χ3n) is 2.97. The first-order chi connectivity index (χ1) is 7.58. The zero-order valence-corrected chi connectivity index (χ0v) is 10.8. The molecule has 0 spiro atoms. The van der Waals surface area contributed by atoms with E-state index in [2.05, 4.69) is 4.90 Å². The zero-order valence-electron chi connectivity index (χ0n) is 9.27. The molecule has 1 aliphatic heterocycles. The van der Waals surface area contributed by atoms with Crippen LogP contribution in [0.3, 0.4) is 0 Å². The molecule has 1 aromatic heterocycles. The number of rotatable bonds is 3. The van der Waals surface area contributed by atoms with Crippen LogP contribution in [0.5, 0.6) is 0 Å². The molecule has 3 unspecified atom stereocenters. The Morgan fingerprint density at radius 1 is 1.62 bits per heavy atom.